The van der Waals surface area contributed by atoms with Gasteiger partial charge < -0.3 is 10.3 Å². The summed E-state index contributed by atoms with van der Waals surface area (Å²) >= 11 is 5.81. The van der Waals surface area contributed by atoms with Crippen LogP contribution in [0, 0.1) is 5.82 Å². The van der Waals surface area contributed by atoms with Crippen molar-refractivity contribution in [3.63, 3.8) is 0 Å². The van der Waals surface area contributed by atoms with E-state index >= 15 is 0 Å². The van der Waals surface area contributed by atoms with Crippen molar-refractivity contribution in [1.29, 1.82) is 0 Å². The van der Waals surface area contributed by atoms with E-state index in [0.29, 0.717) is 41.3 Å². The van der Waals surface area contributed by atoms with E-state index in [2.05, 4.69) is 40.7 Å². The van der Waals surface area contributed by atoms with Gasteiger partial charge in [0.05, 0.1) is 28.5 Å². The number of fused-ring (bicyclic) bond motifs is 1. The van der Waals surface area contributed by atoms with E-state index < -0.39 is 5.82 Å². The minimum atomic E-state index is -0.549. The van der Waals surface area contributed by atoms with Crippen LogP contribution in [0.25, 0.3) is 11.2 Å². The monoisotopic (exact) mass is 426 g/mol. The molecule has 4 aromatic rings. The number of pyridine rings is 1. The van der Waals surface area contributed by atoms with Crippen LogP contribution < -0.4 is 10.8 Å². The Kier molecular flexibility index (Phi) is 5.89. The number of nitrogens with zero attached hydrogens (tertiary/aromatic N) is 5. The predicted molar refractivity (Wildman–Crippen MR) is 109 cm³/mol. The lowest BCUT2D eigenvalue weighted by Crippen LogP contribution is -2.20. The molecule has 0 radical (unpaired) electrons. The normalized spacial score (nSPS) is 11.8. The number of aromatic amines is 1. The molecule has 0 aliphatic rings. The van der Waals surface area contributed by atoms with Crippen molar-refractivity contribution in [2.45, 2.75) is 13.1 Å². The number of hydrogen-bond donors (Lipinski definition) is 4. The van der Waals surface area contributed by atoms with Crippen LogP contribution in [0.2, 0.25) is 5.02 Å². The number of rotatable bonds is 6. The Bertz CT molecular complexity index is 1200. The van der Waals surface area contributed by atoms with Gasteiger partial charge in [-0.2, -0.15) is 0 Å². The molecule has 0 atom stereocenters. The standard InChI is InChI=1S/C19H16ClFN8O/c20-14-7-11(1-2-15(14)21)26-18(29-30)13-3-4-25-19-17(13)27-16(28-19)10-23-9-12-8-22-5-6-24-12/h1-8,23,30H,9-10H2,(H,26,29)(H,25,27,28). The lowest BCUT2D eigenvalue weighted by molar-refractivity contribution is 0.235. The van der Waals surface area contributed by atoms with Crippen molar-refractivity contribution in [1.82, 2.24) is 35.7 Å². The van der Waals surface area contributed by atoms with Gasteiger partial charge in [-0.15, -0.1) is 0 Å². The van der Waals surface area contributed by atoms with E-state index in [0.717, 1.165) is 5.69 Å². The number of hydroxylamine groups is 1. The molecule has 11 heteroatoms. The van der Waals surface area contributed by atoms with Gasteiger partial charge in [0, 0.05) is 36.9 Å². The van der Waals surface area contributed by atoms with Crippen molar-refractivity contribution >= 4 is 34.3 Å². The van der Waals surface area contributed by atoms with E-state index in [4.69, 9.17) is 11.6 Å². The first-order chi connectivity index (χ1) is 14.6. The number of nitrogens with one attached hydrogen (secondary N) is 3. The average Bonchev–Trinajstić information content (AvgIpc) is 3.18. The molecule has 0 aliphatic heterocycles. The second-order valence-electron chi connectivity index (χ2n) is 6.21. The molecule has 0 fully saturated rings. The molecule has 4 N–H and O–H groups in total. The first-order valence-electron chi connectivity index (χ1n) is 8.87. The smallest absolute Gasteiger partial charge is 0.178 e. The fraction of sp³-hybridized carbons (Fsp3) is 0.105. The van der Waals surface area contributed by atoms with E-state index in [1.807, 2.05) is 0 Å². The molecule has 4 rings (SSSR count). The highest BCUT2D eigenvalue weighted by Crippen LogP contribution is 2.23. The third kappa shape index (κ3) is 4.40. The first-order valence-corrected chi connectivity index (χ1v) is 9.25. The molecule has 3 heterocycles. The van der Waals surface area contributed by atoms with Crippen LogP contribution in [0.3, 0.4) is 0 Å². The van der Waals surface area contributed by atoms with Crippen LogP contribution in [-0.2, 0) is 13.1 Å². The quantitative estimate of drug-likeness (QED) is 0.212. The number of aromatic nitrogens is 5. The van der Waals surface area contributed by atoms with Crippen LogP contribution in [-0.4, -0.2) is 36.0 Å². The number of hydrogen-bond acceptors (Lipinski definition) is 7. The summed E-state index contributed by atoms with van der Waals surface area (Å²) in [4.78, 5) is 24.4. The summed E-state index contributed by atoms with van der Waals surface area (Å²) in [6, 6.07) is 5.69. The Hall–Kier alpha value is -3.47. The molecule has 3 aromatic heterocycles. The maximum atomic E-state index is 13.4. The molecular formula is C19H16ClFN8O. The zero-order valence-electron chi connectivity index (χ0n) is 15.5. The third-order valence-corrected chi connectivity index (χ3v) is 4.45. The van der Waals surface area contributed by atoms with Gasteiger partial charge in [0.2, 0.25) is 0 Å². The number of aliphatic imine (C=N–C) groups is 1. The summed E-state index contributed by atoms with van der Waals surface area (Å²) < 4.78 is 13.4. The number of H-pyrrole nitrogens is 1. The van der Waals surface area contributed by atoms with Gasteiger partial charge in [0.15, 0.2) is 11.5 Å². The molecule has 0 unspecified atom stereocenters. The molecule has 0 saturated heterocycles. The van der Waals surface area contributed by atoms with Crippen molar-refractivity contribution in [3.8, 4) is 0 Å². The van der Waals surface area contributed by atoms with Gasteiger partial charge in [-0.05, 0) is 24.3 Å². The predicted octanol–water partition coefficient (Wildman–Crippen LogP) is 2.89. The van der Waals surface area contributed by atoms with Crippen LogP contribution in [0.4, 0.5) is 10.1 Å². The summed E-state index contributed by atoms with van der Waals surface area (Å²) in [5.74, 6) is 0.233. The highest BCUT2D eigenvalue weighted by atomic mass is 35.5. The minimum Gasteiger partial charge on any atom is -0.339 e. The van der Waals surface area contributed by atoms with E-state index in [-0.39, 0.29) is 10.9 Å². The fourth-order valence-electron chi connectivity index (χ4n) is 2.80. The van der Waals surface area contributed by atoms with Gasteiger partial charge in [-0.25, -0.2) is 19.4 Å². The van der Waals surface area contributed by atoms with Crippen LogP contribution in [0.15, 0.2) is 54.0 Å². The van der Waals surface area contributed by atoms with Crippen LogP contribution >= 0.6 is 11.6 Å². The molecule has 0 spiro atoms. The highest BCUT2D eigenvalue weighted by Gasteiger charge is 2.13. The van der Waals surface area contributed by atoms with Gasteiger partial charge in [-0.1, -0.05) is 11.6 Å². The molecule has 152 valence electrons. The lowest BCUT2D eigenvalue weighted by atomic mass is 10.2. The Balaban J connectivity index is 1.59. The van der Waals surface area contributed by atoms with Crippen LogP contribution in [0.1, 0.15) is 17.1 Å². The zero-order valence-corrected chi connectivity index (χ0v) is 16.2. The van der Waals surface area contributed by atoms with Crippen molar-refractivity contribution in [2.75, 3.05) is 0 Å². The van der Waals surface area contributed by atoms with E-state index in [9.17, 15) is 9.60 Å². The Morgan fingerprint density at radius 2 is 2.07 bits per heavy atom. The summed E-state index contributed by atoms with van der Waals surface area (Å²) in [7, 11) is 0. The summed E-state index contributed by atoms with van der Waals surface area (Å²) in [5.41, 5.74) is 4.84. The van der Waals surface area contributed by atoms with Gasteiger partial charge in [0.1, 0.15) is 11.6 Å². The average molecular weight is 427 g/mol. The number of benzene rings is 1. The van der Waals surface area contributed by atoms with Gasteiger partial charge >= 0.3 is 0 Å². The van der Waals surface area contributed by atoms with Crippen molar-refractivity contribution in [3.05, 3.63) is 77.0 Å². The lowest BCUT2D eigenvalue weighted by Gasteiger charge is -2.06. The highest BCUT2D eigenvalue weighted by molar-refractivity contribution is 6.31. The first kappa shape index (κ1) is 19.8. The minimum absolute atomic E-state index is 0.0635. The maximum absolute atomic E-state index is 13.4. The van der Waals surface area contributed by atoms with E-state index in [1.165, 1.54) is 18.2 Å². The second kappa shape index (κ2) is 8.91. The van der Waals surface area contributed by atoms with Gasteiger partial charge in [-0.3, -0.25) is 20.7 Å². The molecular weight excluding hydrogens is 411 g/mol. The molecule has 1 aromatic carbocycles. The van der Waals surface area contributed by atoms with Crippen molar-refractivity contribution in [2.24, 2.45) is 4.99 Å². The molecule has 0 aliphatic carbocycles. The largest absolute Gasteiger partial charge is 0.339 e. The molecule has 30 heavy (non-hydrogen) atoms. The Morgan fingerprint density at radius 3 is 2.83 bits per heavy atom. The number of halogens is 2. The second-order valence-corrected chi connectivity index (χ2v) is 6.62. The molecule has 0 saturated carbocycles. The zero-order chi connectivity index (χ0) is 20.9. The van der Waals surface area contributed by atoms with Gasteiger partial charge in [0.25, 0.3) is 0 Å². The molecule has 9 nitrogen and oxygen atoms in total. The van der Waals surface area contributed by atoms with Crippen LogP contribution in [0.5, 0.6) is 0 Å². The Labute approximate surface area is 175 Å². The van der Waals surface area contributed by atoms with E-state index in [1.54, 1.807) is 30.9 Å². The maximum Gasteiger partial charge on any atom is 0.178 e. The fourth-order valence-corrected chi connectivity index (χ4v) is 2.97. The topological polar surface area (TPSA) is 124 Å². The summed E-state index contributed by atoms with van der Waals surface area (Å²) in [6.07, 6.45) is 6.48. The number of imidazole rings is 1. The SMILES string of the molecule is ONC(=Nc1ccc(F)c(Cl)c1)c1ccnc2nc(CNCc3cnccn3)[nH]c12. The Morgan fingerprint density at radius 1 is 1.17 bits per heavy atom. The number of amidine groups is 1. The molecule has 0 bridgehead atoms. The summed E-state index contributed by atoms with van der Waals surface area (Å²) in [5, 5.41) is 12.8. The molecule has 0 amide bonds. The summed E-state index contributed by atoms with van der Waals surface area (Å²) in [6.45, 7) is 0.973. The van der Waals surface area contributed by atoms with Crippen molar-refractivity contribution < 1.29 is 9.60 Å². The third-order valence-electron chi connectivity index (χ3n) is 4.16.